The van der Waals surface area contributed by atoms with Crippen molar-refractivity contribution in [2.24, 2.45) is 5.92 Å². The van der Waals surface area contributed by atoms with E-state index in [4.69, 9.17) is 17.3 Å². The molecule has 1 aliphatic carbocycles. The highest BCUT2D eigenvalue weighted by Crippen LogP contribution is 2.29. The number of nitrogens with two attached hydrogens (primary N) is 1. The number of carbonyl (C=O) groups is 1. The molecule has 4 nitrogen and oxygen atoms in total. The van der Waals surface area contributed by atoms with Crippen molar-refractivity contribution in [2.45, 2.75) is 18.9 Å². The SMILES string of the molecule is CN(CC1CC(O)C1)C(=O)c1c(N)cccc1Cl. The number of anilines is 1. The van der Waals surface area contributed by atoms with Gasteiger partial charge in [0, 0.05) is 19.3 Å². The first-order chi connectivity index (χ1) is 8.49. The van der Waals surface area contributed by atoms with Gasteiger partial charge in [0.1, 0.15) is 0 Å². The summed E-state index contributed by atoms with van der Waals surface area (Å²) in [6.45, 7) is 0.626. The average molecular weight is 269 g/mol. The lowest BCUT2D eigenvalue weighted by molar-refractivity contribution is 0.0265. The summed E-state index contributed by atoms with van der Waals surface area (Å²) in [5.74, 6) is 0.206. The summed E-state index contributed by atoms with van der Waals surface area (Å²) >= 11 is 6.01. The number of aliphatic hydroxyl groups excluding tert-OH is 1. The van der Waals surface area contributed by atoms with Gasteiger partial charge in [0.05, 0.1) is 16.7 Å². The summed E-state index contributed by atoms with van der Waals surface area (Å²) in [7, 11) is 1.73. The van der Waals surface area contributed by atoms with Crippen LogP contribution in [-0.4, -0.2) is 35.6 Å². The van der Waals surface area contributed by atoms with Crippen molar-refractivity contribution >= 4 is 23.2 Å². The van der Waals surface area contributed by atoms with E-state index in [1.807, 2.05) is 0 Å². The molecule has 0 bridgehead atoms. The zero-order chi connectivity index (χ0) is 13.3. The summed E-state index contributed by atoms with van der Waals surface area (Å²) in [5, 5.41) is 9.61. The van der Waals surface area contributed by atoms with Crippen molar-refractivity contribution in [2.75, 3.05) is 19.3 Å². The minimum atomic E-state index is -0.205. The Morgan fingerprint density at radius 3 is 2.78 bits per heavy atom. The molecule has 0 radical (unpaired) electrons. The van der Waals surface area contributed by atoms with E-state index in [1.165, 1.54) is 0 Å². The predicted molar refractivity (Wildman–Crippen MR) is 71.6 cm³/mol. The molecule has 1 aliphatic rings. The predicted octanol–water partition coefficient (Wildman–Crippen LogP) is 1.77. The number of carbonyl (C=O) groups excluding carboxylic acids is 1. The Morgan fingerprint density at radius 2 is 2.22 bits per heavy atom. The maximum atomic E-state index is 12.2. The lowest BCUT2D eigenvalue weighted by Crippen LogP contribution is -2.39. The summed E-state index contributed by atoms with van der Waals surface area (Å²) in [6.07, 6.45) is 1.31. The molecule has 98 valence electrons. The molecule has 0 saturated heterocycles. The lowest BCUT2D eigenvalue weighted by Gasteiger charge is -2.34. The van der Waals surface area contributed by atoms with Gasteiger partial charge in [0.25, 0.3) is 5.91 Å². The molecule has 1 saturated carbocycles. The second kappa shape index (κ2) is 5.16. The molecule has 1 aromatic carbocycles. The number of benzene rings is 1. The third-order valence-corrected chi connectivity index (χ3v) is 3.66. The van der Waals surface area contributed by atoms with E-state index >= 15 is 0 Å². The minimum Gasteiger partial charge on any atom is -0.398 e. The van der Waals surface area contributed by atoms with Crippen molar-refractivity contribution < 1.29 is 9.90 Å². The number of amides is 1. The molecule has 2 rings (SSSR count). The normalized spacial score (nSPS) is 22.4. The molecule has 0 aliphatic heterocycles. The molecule has 1 aromatic rings. The highest BCUT2D eigenvalue weighted by atomic mass is 35.5. The molecule has 5 heteroatoms. The van der Waals surface area contributed by atoms with E-state index < -0.39 is 0 Å². The Hall–Kier alpha value is -1.26. The fourth-order valence-corrected chi connectivity index (χ4v) is 2.54. The van der Waals surface area contributed by atoms with E-state index in [0.717, 1.165) is 12.8 Å². The van der Waals surface area contributed by atoms with Gasteiger partial charge in [0.2, 0.25) is 0 Å². The van der Waals surface area contributed by atoms with Gasteiger partial charge < -0.3 is 15.7 Å². The molecule has 0 atom stereocenters. The number of halogens is 1. The minimum absolute atomic E-state index is 0.167. The Labute approximate surface area is 111 Å². The molecule has 18 heavy (non-hydrogen) atoms. The van der Waals surface area contributed by atoms with E-state index in [2.05, 4.69) is 0 Å². The summed E-state index contributed by atoms with van der Waals surface area (Å²) in [4.78, 5) is 13.9. The van der Waals surface area contributed by atoms with Crippen molar-refractivity contribution in [1.82, 2.24) is 4.90 Å². The number of aliphatic hydroxyl groups is 1. The second-order valence-electron chi connectivity index (χ2n) is 4.88. The molecule has 0 aromatic heterocycles. The van der Waals surface area contributed by atoms with Gasteiger partial charge in [-0.1, -0.05) is 17.7 Å². The van der Waals surface area contributed by atoms with Crippen LogP contribution in [0.4, 0.5) is 5.69 Å². The fourth-order valence-electron chi connectivity index (χ4n) is 2.28. The standard InChI is InChI=1S/C13H17ClN2O2/c1-16(7-8-5-9(17)6-8)13(18)12-10(14)3-2-4-11(12)15/h2-4,8-9,17H,5-7,15H2,1H3. The molecule has 0 unspecified atom stereocenters. The average Bonchev–Trinajstić information content (AvgIpc) is 2.26. The molecule has 3 N–H and O–H groups in total. The molecule has 0 spiro atoms. The molecule has 1 amide bonds. The molecule has 0 heterocycles. The number of rotatable bonds is 3. The smallest absolute Gasteiger partial charge is 0.257 e. The lowest BCUT2D eigenvalue weighted by atomic mass is 9.82. The Kier molecular flexibility index (Phi) is 3.78. The number of nitrogen functional groups attached to an aromatic ring is 1. The third kappa shape index (κ3) is 2.60. The summed E-state index contributed by atoms with van der Waals surface area (Å²) in [6, 6.07) is 5.04. The van der Waals surface area contributed by atoms with E-state index in [9.17, 15) is 9.90 Å². The van der Waals surface area contributed by atoms with Crippen LogP contribution in [0.5, 0.6) is 0 Å². The van der Waals surface area contributed by atoms with E-state index in [1.54, 1.807) is 30.1 Å². The fraction of sp³-hybridized carbons (Fsp3) is 0.462. The Balaban J connectivity index is 2.06. The van der Waals surface area contributed by atoms with Crippen molar-refractivity contribution in [3.05, 3.63) is 28.8 Å². The van der Waals surface area contributed by atoms with Gasteiger partial charge in [-0.3, -0.25) is 4.79 Å². The Bertz CT molecular complexity index is 438. The molecular weight excluding hydrogens is 252 g/mol. The van der Waals surface area contributed by atoms with Gasteiger partial charge in [-0.15, -0.1) is 0 Å². The van der Waals surface area contributed by atoms with Crippen LogP contribution in [0.2, 0.25) is 5.02 Å². The maximum absolute atomic E-state index is 12.2. The monoisotopic (exact) mass is 268 g/mol. The quantitative estimate of drug-likeness (QED) is 0.821. The van der Waals surface area contributed by atoms with Gasteiger partial charge >= 0.3 is 0 Å². The maximum Gasteiger partial charge on any atom is 0.257 e. The van der Waals surface area contributed by atoms with Crippen molar-refractivity contribution in [1.29, 1.82) is 0 Å². The largest absolute Gasteiger partial charge is 0.398 e. The highest BCUT2D eigenvalue weighted by molar-refractivity contribution is 6.34. The number of hydrogen-bond donors (Lipinski definition) is 2. The van der Waals surface area contributed by atoms with Crippen molar-refractivity contribution in [3.8, 4) is 0 Å². The first kappa shape index (κ1) is 13.2. The van der Waals surface area contributed by atoms with Crippen LogP contribution in [-0.2, 0) is 0 Å². The van der Waals surface area contributed by atoms with Crippen LogP contribution in [0.15, 0.2) is 18.2 Å². The first-order valence-corrected chi connectivity index (χ1v) is 6.34. The van der Waals surface area contributed by atoms with Crippen LogP contribution in [0.3, 0.4) is 0 Å². The number of hydrogen-bond acceptors (Lipinski definition) is 3. The second-order valence-corrected chi connectivity index (χ2v) is 5.29. The Morgan fingerprint density at radius 1 is 1.56 bits per heavy atom. The number of nitrogens with zero attached hydrogens (tertiary/aromatic N) is 1. The summed E-state index contributed by atoms with van der Waals surface area (Å²) in [5.41, 5.74) is 6.55. The van der Waals surface area contributed by atoms with Crippen LogP contribution in [0, 0.1) is 5.92 Å². The van der Waals surface area contributed by atoms with Crippen molar-refractivity contribution in [3.63, 3.8) is 0 Å². The zero-order valence-electron chi connectivity index (χ0n) is 10.3. The van der Waals surface area contributed by atoms with E-state index in [0.29, 0.717) is 28.7 Å². The van der Waals surface area contributed by atoms with E-state index in [-0.39, 0.29) is 12.0 Å². The highest BCUT2D eigenvalue weighted by Gasteiger charge is 2.30. The molecule has 1 fully saturated rings. The van der Waals surface area contributed by atoms with Crippen LogP contribution >= 0.6 is 11.6 Å². The third-order valence-electron chi connectivity index (χ3n) is 3.35. The first-order valence-electron chi connectivity index (χ1n) is 5.96. The summed E-state index contributed by atoms with van der Waals surface area (Å²) < 4.78 is 0. The topological polar surface area (TPSA) is 66.6 Å². The van der Waals surface area contributed by atoms with Crippen LogP contribution in [0.25, 0.3) is 0 Å². The van der Waals surface area contributed by atoms with Gasteiger partial charge in [-0.25, -0.2) is 0 Å². The van der Waals surface area contributed by atoms with Gasteiger partial charge in [-0.05, 0) is 30.9 Å². The zero-order valence-corrected chi connectivity index (χ0v) is 11.0. The van der Waals surface area contributed by atoms with Gasteiger partial charge in [0.15, 0.2) is 0 Å². The van der Waals surface area contributed by atoms with Gasteiger partial charge in [-0.2, -0.15) is 0 Å². The van der Waals surface area contributed by atoms with Crippen LogP contribution < -0.4 is 5.73 Å². The molecular formula is C13H17ClN2O2. The van der Waals surface area contributed by atoms with Crippen LogP contribution in [0.1, 0.15) is 23.2 Å².